The van der Waals surface area contributed by atoms with Gasteiger partial charge in [-0.15, -0.1) is 0 Å². The van der Waals surface area contributed by atoms with E-state index in [-0.39, 0.29) is 0 Å². The minimum atomic E-state index is -5.26. The molecule has 0 saturated heterocycles. The molecule has 0 heterocycles. The van der Waals surface area contributed by atoms with Gasteiger partial charge in [0, 0.05) is 0 Å². The maximum Gasteiger partial charge on any atom is 0.416 e. The van der Waals surface area contributed by atoms with E-state index in [1.807, 2.05) is 0 Å². The van der Waals surface area contributed by atoms with E-state index in [2.05, 4.69) is 0 Å². The lowest BCUT2D eigenvalue weighted by Gasteiger charge is -2.35. The minimum absolute atomic E-state index is 0.622. The second kappa shape index (κ2) is 5.43. The van der Waals surface area contributed by atoms with E-state index < -0.39 is 46.9 Å². The van der Waals surface area contributed by atoms with Crippen LogP contribution in [-0.2, 0) is 11.0 Å². The Kier molecular flexibility index (Phi) is 4.04. The van der Waals surface area contributed by atoms with Gasteiger partial charge in [-0.25, -0.2) is 0 Å². The Balaban J connectivity index is 2.77. The summed E-state index contributed by atoms with van der Waals surface area (Å²) < 4.78 is 79.7. The number of carboxylic acid groups (broad SMARTS) is 1. The van der Waals surface area contributed by atoms with E-state index in [0.29, 0.717) is 6.07 Å². The lowest BCUT2D eigenvalue weighted by Crippen LogP contribution is -2.46. The van der Waals surface area contributed by atoms with Gasteiger partial charge < -0.3 is 5.11 Å². The molecule has 1 aromatic rings. The molecule has 1 unspecified atom stereocenters. The summed E-state index contributed by atoms with van der Waals surface area (Å²) in [5, 5.41) is 9.17. The van der Waals surface area contributed by atoms with Gasteiger partial charge in [-0.2, -0.15) is 26.3 Å². The highest BCUT2D eigenvalue weighted by atomic mass is 19.4. The molecule has 23 heavy (non-hydrogen) atoms. The fourth-order valence-corrected chi connectivity index (χ4v) is 2.54. The Morgan fingerprint density at radius 3 is 2.22 bits per heavy atom. The number of hydrogen-bond acceptors (Lipinski definition) is 1. The van der Waals surface area contributed by atoms with Gasteiger partial charge in [0.05, 0.1) is 5.56 Å². The third kappa shape index (κ3) is 2.73. The van der Waals surface area contributed by atoms with Crippen LogP contribution >= 0.6 is 0 Å². The van der Waals surface area contributed by atoms with Gasteiger partial charge in [0.15, 0.2) is 5.41 Å². The maximum atomic E-state index is 13.5. The Hall–Kier alpha value is -2.25. The molecule has 1 N–H and O–H groups in total. The molecule has 0 spiro atoms. The summed E-state index contributed by atoms with van der Waals surface area (Å²) in [6.45, 7) is 0. The second-order valence-corrected chi connectivity index (χ2v) is 4.96. The maximum absolute atomic E-state index is 13.5. The van der Waals surface area contributed by atoms with Crippen molar-refractivity contribution in [2.75, 3.05) is 0 Å². The summed E-state index contributed by atoms with van der Waals surface area (Å²) in [5.41, 5.74) is -6.43. The van der Waals surface area contributed by atoms with Crippen LogP contribution in [0.15, 0.2) is 42.5 Å². The Bertz CT molecular complexity index is 684. The van der Waals surface area contributed by atoms with Crippen molar-refractivity contribution < 1.29 is 36.2 Å². The first-order valence-corrected chi connectivity index (χ1v) is 6.36. The van der Waals surface area contributed by atoms with Crippen LogP contribution in [0.5, 0.6) is 0 Å². The van der Waals surface area contributed by atoms with Crippen LogP contribution < -0.4 is 0 Å². The van der Waals surface area contributed by atoms with Crippen molar-refractivity contribution in [2.45, 2.75) is 18.8 Å². The molecule has 0 radical (unpaired) electrons. The summed E-state index contributed by atoms with van der Waals surface area (Å²) in [7, 11) is 0. The molecule has 2 nitrogen and oxygen atoms in total. The monoisotopic (exact) mass is 336 g/mol. The third-order valence-corrected chi connectivity index (χ3v) is 3.65. The quantitative estimate of drug-likeness (QED) is 0.796. The predicted octanol–water partition coefficient (Wildman–Crippen LogP) is 4.68. The largest absolute Gasteiger partial charge is 0.480 e. The van der Waals surface area contributed by atoms with E-state index in [1.54, 1.807) is 0 Å². The molecule has 1 aliphatic rings. The minimum Gasteiger partial charge on any atom is -0.480 e. The molecule has 1 aliphatic carbocycles. The smallest absolute Gasteiger partial charge is 0.416 e. The first-order chi connectivity index (χ1) is 10.5. The lowest BCUT2D eigenvalue weighted by atomic mass is 9.70. The van der Waals surface area contributed by atoms with E-state index >= 15 is 0 Å². The molecule has 0 amide bonds. The fourth-order valence-electron chi connectivity index (χ4n) is 2.54. The molecule has 0 aliphatic heterocycles. The molecule has 8 heteroatoms. The van der Waals surface area contributed by atoms with Crippen LogP contribution in [0, 0.1) is 5.41 Å². The van der Waals surface area contributed by atoms with Crippen molar-refractivity contribution in [1.29, 1.82) is 0 Å². The number of halogens is 6. The molecule has 1 aromatic carbocycles. The van der Waals surface area contributed by atoms with Crippen molar-refractivity contribution in [3.63, 3.8) is 0 Å². The van der Waals surface area contributed by atoms with Gasteiger partial charge in [-0.3, -0.25) is 4.79 Å². The summed E-state index contributed by atoms with van der Waals surface area (Å²) in [4.78, 5) is 11.4. The zero-order valence-corrected chi connectivity index (χ0v) is 11.4. The molecule has 0 aromatic heterocycles. The Labute approximate surface area is 126 Å². The molecule has 0 saturated carbocycles. The number of carbonyl (C=O) groups is 1. The van der Waals surface area contributed by atoms with Gasteiger partial charge in [0.1, 0.15) is 0 Å². The van der Waals surface area contributed by atoms with E-state index in [0.717, 1.165) is 36.4 Å². The average Bonchev–Trinajstić information content (AvgIpc) is 2.44. The topological polar surface area (TPSA) is 37.3 Å². The van der Waals surface area contributed by atoms with Crippen molar-refractivity contribution in [3.8, 4) is 0 Å². The number of aliphatic carboxylic acids is 1. The van der Waals surface area contributed by atoms with E-state index in [9.17, 15) is 36.2 Å². The first kappa shape index (κ1) is 17.1. The Morgan fingerprint density at radius 2 is 1.70 bits per heavy atom. The van der Waals surface area contributed by atoms with Crippen molar-refractivity contribution in [2.24, 2.45) is 5.41 Å². The highest BCUT2D eigenvalue weighted by molar-refractivity contribution is 5.95. The van der Waals surface area contributed by atoms with Crippen molar-refractivity contribution in [3.05, 3.63) is 53.6 Å². The summed E-state index contributed by atoms with van der Waals surface area (Å²) in [5.74, 6) is -2.24. The lowest BCUT2D eigenvalue weighted by molar-refractivity contribution is -0.213. The van der Waals surface area contributed by atoms with Gasteiger partial charge in [-0.05, 0) is 23.6 Å². The standard InChI is InChI=1S/C15H10F6O2/c16-14(17,18)11-7-2-1-5-9(11)10-6-3-4-8-13(10,12(22)23)15(19,20)21/h1-7H,8H2,(H,22,23). The summed E-state index contributed by atoms with van der Waals surface area (Å²) in [6, 6.07) is 3.63. The van der Waals surface area contributed by atoms with E-state index in [1.165, 1.54) is 0 Å². The SMILES string of the molecule is O=C(O)C1(C(F)(F)F)CC=CC=C1c1ccccc1C(F)(F)F. The fraction of sp³-hybridized carbons (Fsp3) is 0.267. The zero-order valence-electron chi connectivity index (χ0n) is 11.4. The van der Waals surface area contributed by atoms with Gasteiger partial charge in [0.2, 0.25) is 0 Å². The van der Waals surface area contributed by atoms with Crippen molar-refractivity contribution >= 4 is 11.5 Å². The highest BCUT2D eigenvalue weighted by Crippen LogP contribution is 2.54. The predicted molar refractivity (Wildman–Crippen MR) is 69.3 cm³/mol. The number of carboxylic acids is 1. The van der Waals surface area contributed by atoms with Crippen LogP contribution in [0.25, 0.3) is 5.57 Å². The molecular weight excluding hydrogens is 326 g/mol. The molecule has 1 atom stereocenters. The highest BCUT2D eigenvalue weighted by Gasteiger charge is 2.63. The molecular formula is C15H10F6O2. The Morgan fingerprint density at radius 1 is 1.09 bits per heavy atom. The van der Waals surface area contributed by atoms with E-state index in [4.69, 9.17) is 0 Å². The normalized spacial score (nSPS) is 21.9. The van der Waals surface area contributed by atoms with Crippen LogP contribution in [0.1, 0.15) is 17.5 Å². The molecule has 124 valence electrons. The summed E-state index contributed by atoms with van der Waals surface area (Å²) in [6.07, 6.45) is -8.27. The van der Waals surface area contributed by atoms with Gasteiger partial charge in [-0.1, -0.05) is 36.4 Å². The van der Waals surface area contributed by atoms with Crippen LogP contribution in [0.3, 0.4) is 0 Å². The molecule has 0 fully saturated rings. The average molecular weight is 336 g/mol. The van der Waals surface area contributed by atoms with Crippen LogP contribution in [-0.4, -0.2) is 17.3 Å². The summed E-state index contributed by atoms with van der Waals surface area (Å²) >= 11 is 0. The number of allylic oxidation sites excluding steroid dienone is 3. The van der Waals surface area contributed by atoms with Crippen LogP contribution in [0.2, 0.25) is 0 Å². The number of hydrogen-bond donors (Lipinski definition) is 1. The van der Waals surface area contributed by atoms with Gasteiger partial charge >= 0.3 is 18.3 Å². The number of alkyl halides is 6. The van der Waals surface area contributed by atoms with Crippen molar-refractivity contribution in [1.82, 2.24) is 0 Å². The molecule has 0 bridgehead atoms. The number of rotatable bonds is 2. The van der Waals surface area contributed by atoms with Crippen LogP contribution in [0.4, 0.5) is 26.3 Å². The third-order valence-electron chi connectivity index (χ3n) is 3.65. The van der Waals surface area contributed by atoms with Gasteiger partial charge in [0.25, 0.3) is 0 Å². The first-order valence-electron chi connectivity index (χ1n) is 6.36. The molecule has 2 rings (SSSR count). The number of benzene rings is 1. The second-order valence-electron chi connectivity index (χ2n) is 4.96. The zero-order chi connectivity index (χ0) is 17.5.